The molecular weight excluding hydrogens is 418 g/mol. The highest BCUT2D eigenvalue weighted by Crippen LogP contribution is 2.14. The van der Waals surface area contributed by atoms with Crippen LogP contribution in [0.1, 0.15) is 5.56 Å². The molecule has 1 aromatic carbocycles. The van der Waals surface area contributed by atoms with Crippen LogP contribution in [0, 0.1) is 0 Å². The lowest BCUT2D eigenvalue weighted by atomic mass is 10.2. The summed E-state index contributed by atoms with van der Waals surface area (Å²) < 4.78 is 15.9. The average Bonchev–Trinajstić information content (AvgIpc) is 2.83. The zero-order valence-corrected chi connectivity index (χ0v) is 18.3. The Balaban J connectivity index is 1.91. The summed E-state index contributed by atoms with van der Waals surface area (Å²) >= 11 is 0. The third kappa shape index (κ3) is 10.0. The van der Waals surface area contributed by atoms with Gasteiger partial charge in [0.15, 0.2) is 0 Å². The van der Waals surface area contributed by atoms with Gasteiger partial charge in [0.25, 0.3) is 0 Å². The smallest absolute Gasteiger partial charge is 0.229 e. The maximum absolute atomic E-state index is 9.57. The number of rotatable bonds is 17. The van der Waals surface area contributed by atoms with E-state index in [9.17, 15) is 5.11 Å². The van der Waals surface area contributed by atoms with Gasteiger partial charge in [-0.1, -0.05) is 12.1 Å². The van der Waals surface area contributed by atoms with Crippen molar-refractivity contribution in [3.8, 4) is 5.75 Å². The van der Waals surface area contributed by atoms with Crippen molar-refractivity contribution < 1.29 is 24.4 Å². The van der Waals surface area contributed by atoms with E-state index in [1.165, 1.54) is 0 Å². The third-order valence-corrected chi connectivity index (χ3v) is 4.12. The molecule has 178 valence electrons. The van der Waals surface area contributed by atoms with Crippen molar-refractivity contribution in [3.63, 3.8) is 0 Å². The summed E-state index contributed by atoms with van der Waals surface area (Å²) in [5.41, 5.74) is 6.38. The second-order valence-electron chi connectivity index (χ2n) is 6.67. The quantitative estimate of drug-likeness (QED) is 0.173. The number of ether oxygens (including phenoxy) is 3. The summed E-state index contributed by atoms with van der Waals surface area (Å²) in [6, 6.07) is 7.64. The normalized spacial score (nSPS) is 11.8. The van der Waals surface area contributed by atoms with Crippen LogP contribution < -0.4 is 26.4 Å². The van der Waals surface area contributed by atoms with Crippen LogP contribution in [-0.4, -0.2) is 91.0 Å². The van der Waals surface area contributed by atoms with Crippen molar-refractivity contribution in [2.24, 2.45) is 5.73 Å². The third-order valence-electron chi connectivity index (χ3n) is 4.12. The van der Waals surface area contributed by atoms with Crippen molar-refractivity contribution in [3.05, 3.63) is 29.8 Å². The van der Waals surface area contributed by atoms with E-state index < -0.39 is 6.10 Å². The number of aromatic nitrogens is 3. The van der Waals surface area contributed by atoms with Crippen molar-refractivity contribution in [2.45, 2.75) is 12.6 Å². The molecule has 12 nitrogen and oxygen atoms in total. The van der Waals surface area contributed by atoms with Gasteiger partial charge in [0, 0.05) is 26.2 Å². The molecule has 0 aliphatic rings. The molecule has 0 saturated carbocycles. The Morgan fingerprint density at radius 3 is 2.16 bits per heavy atom. The molecule has 1 unspecified atom stereocenters. The van der Waals surface area contributed by atoms with Gasteiger partial charge in [-0.15, -0.1) is 0 Å². The lowest BCUT2D eigenvalue weighted by Crippen LogP contribution is -2.24. The number of nitrogens with one attached hydrogen (secondary N) is 3. The second-order valence-corrected chi connectivity index (χ2v) is 6.67. The number of nitrogens with two attached hydrogens (primary N) is 1. The van der Waals surface area contributed by atoms with Crippen LogP contribution in [-0.2, 0) is 16.0 Å². The molecule has 0 amide bonds. The number of hydrogen-bond donors (Lipinski definition) is 6. The molecule has 0 bridgehead atoms. The van der Waals surface area contributed by atoms with E-state index >= 15 is 0 Å². The van der Waals surface area contributed by atoms with Crippen molar-refractivity contribution in [1.29, 1.82) is 0 Å². The van der Waals surface area contributed by atoms with Gasteiger partial charge in [-0.2, -0.15) is 15.0 Å². The summed E-state index contributed by atoms with van der Waals surface area (Å²) in [6.07, 6.45) is -0.922. The predicted octanol–water partition coefficient (Wildman–Crippen LogP) is -0.339. The topological polar surface area (TPSA) is 169 Å². The minimum Gasteiger partial charge on any atom is -0.497 e. The van der Waals surface area contributed by atoms with E-state index in [-0.39, 0.29) is 19.1 Å². The largest absolute Gasteiger partial charge is 0.497 e. The van der Waals surface area contributed by atoms with E-state index in [2.05, 4.69) is 30.9 Å². The van der Waals surface area contributed by atoms with E-state index in [0.717, 1.165) is 11.3 Å². The summed E-state index contributed by atoms with van der Waals surface area (Å²) in [7, 11) is 1.62. The fourth-order valence-corrected chi connectivity index (χ4v) is 2.45. The van der Waals surface area contributed by atoms with Gasteiger partial charge in [-0.25, -0.2) is 0 Å². The van der Waals surface area contributed by atoms with Crippen LogP contribution in [0.15, 0.2) is 24.3 Å². The highest BCUT2D eigenvalue weighted by atomic mass is 16.5. The number of aliphatic hydroxyl groups is 2. The van der Waals surface area contributed by atoms with Crippen LogP contribution in [0.5, 0.6) is 5.75 Å². The maximum atomic E-state index is 9.57. The van der Waals surface area contributed by atoms with Gasteiger partial charge in [-0.05, 0) is 17.7 Å². The summed E-state index contributed by atoms with van der Waals surface area (Å²) in [6.45, 7) is 3.12. The molecule has 1 aromatic heterocycles. The molecule has 32 heavy (non-hydrogen) atoms. The molecule has 0 saturated heterocycles. The van der Waals surface area contributed by atoms with Crippen LogP contribution in [0.4, 0.5) is 17.8 Å². The standard InChI is InChI=1S/C20H33N7O5/c1-30-17-4-2-15(3-5-17)12-23-19-25-18(22-7-9-32-11-10-31-8-6-21)26-20(27-19)24-13-16(29)14-28/h2-5,16,28-29H,6-14,21H2,1H3,(H3,22,23,24,25,26,27). The number of aliphatic hydroxyl groups excluding tert-OH is 2. The SMILES string of the molecule is COc1ccc(CNc2nc(NCCOCCOCCN)nc(NCC(O)CO)n2)cc1. The molecule has 0 aliphatic heterocycles. The lowest BCUT2D eigenvalue weighted by molar-refractivity contribution is 0.0547. The highest BCUT2D eigenvalue weighted by Gasteiger charge is 2.09. The molecule has 12 heteroatoms. The van der Waals surface area contributed by atoms with Gasteiger partial charge < -0.3 is 46.1 Å². The zero-order valence-electron chi connectivity index (χ0n) is 18.3. The fraction of sp³-hybridized carbons (Fsp3) is 0.550. The Morgan fingerprint density at radius 1 is 0.906 bits per heavy atom. The monoisotopic (exact) mass is 451 g/mol. The number of benzene rings is 1. The van der Waals surface area contributed by atoms with E-state index in [1.807, 2.05) is 24.3 Å². The van der Waals surface area contributed by atoms with Gasteiger partial charge in [0.2, 0.25) is 17.8 Å². The lowest BCUT2D eigenvalue weighted by Gasteiger charge is -2.13. The molecule has 0 aliphatic carbocycles. The van der Waals surface area contributed by atoms with Gasteiger partial charge in [0.1, 0.15) is 5.75 Å². The number of nitrogens with zero attached hydrogens (tertiary/aromatic N) is 3. The van der Waals surface area contributed by atoms with Gasteiger partial charge in [-0.3, -0.25) is 0 Å². The van der Waals surface area contributed by atoms with Gasteiger partial charge >= 0.3 is 0 Å². The van der Waals surface area contributed by atoms with Crippen molar-refractivity contribution >= 4 is 17.8 Å². The van der Waals surface area contributed by atoms with Crippen LogP contribution in [0.3, 0.4) is 0 Å². The van der Waals surface area contributed by atoms with Gasteiger partial charge in [0.05, 0.1) is 46.2 Å². The van der Waals surface area contributed by atoms with E-state index in [0.29, 0.717) is 58.0 Å². The second kappa shape index (κ2) is 15.1. The molecule has 2 aromatic rings. The van der Waals surface area contributed by atoms with Crippen molar-refractivity contribution in [2.75, 3.05) is 75.7 Å². The molecule has 0 spiro atoms. The highest BCUT2D eigenvalue weighted by molar-refractivity contribution is 5.43. The average molecular weight is 452 g/mol. The van der Waals surface area contributed by atoms with Crippen LogP contribution in [0.25, 0.3) is 0 Å². The Morgan fingerprint density at radius 2 is 1.53 bits per heavy atom. The minimum absolute atomic E-state index is 0.101. The first-order valence-corrected chi connectivity index (χ1v) is 10.4. The zero-order chi connectivity index (χ0) is 23.0. The Kier molecular flexibility index (Phi) is 12.0. The molecule has 0 fully saturated rings. The number of hydrogen-bond acceptors (Lipinski definition) is 12. The minimum atomic E-state index is -0.922. The summed E-state index contributed by atoms with van der Waals surface area (Å²) in [5, 5.41) is 27.7. The number of methoxy groups -OCH3 is 1. The molecule has 1 atom stereocenters. The fourth-order valence-electron chi connectivity index (χ4n) is 2.45. The maximum Gasteiger partial charge on any atom is 0.229 e. The number of anilines is 3. The Hall–Kier alpha value is -2.77. The molecule has 1 heterocycles. The predicted molar refractivity (Wildman–Crippen MR) is 121 cm³/mol. The first-order valence-electron chi connectivity index (χ1n) is 10.4. The van der Waals surface area contributed by atoms with Crippen molar-refractivity contribution in [1.82, 2.24) is 15.0 Å². The first-order chi connectivity index (χ1) is 15.6. The Labute approximate surface area is 187 Å². The molecular formula is C20H33N7O5. The summed E-state index contributed by atoms with van der Waals surface area (Å²) in [5.74, 6) is 1.75. The van der Waals surface area contributed by atoms with Crippen LogP contribution >= 0.6 is 0 Å². The molecule has 7 N–H and O–H groups in total. The molecule has 0 radical (unpaired) electrons. The summed E-state index contributed by atoms with van der Waals surface area (Å²) in [4.78, 5) is 13.0. The van der Waals surface area contributed by atoms with E-state index in [4.69, 9.17) is 25.1 Å². The van der Waals surface area contributed by atoms with Crippen LogP contribution in [0.2, 0.25) is 0 Å². The molecule has 2 rings (SSSR count). The first kappa shape index (κ1) is 25.5. The van der Waals surface area contributed by atoms with E-state index in [1.54, 1.807) is 7.11 Å². The Bertz CT molecular complexity index is 767.